The van der Waals surface area contributed by atoms with Gasteiger partial charge in [-0.3, -0.25) is 4.90 Å². The number of carbonyl (C=O) groups is 2. The van der Waals surface area contributed by atoms with Crippen molar-refractivity contribution in [1.29, 1.82) is 0 Å². The first-order valence-corrected chi connectivity index (χ1v) is 20.8. The summed E-state index contributed by atoms with van der Waals surface area (Å²) >= 11 is 13.4. The highest BCUT2D eigenvalue weighted by Crippen LogP contribution is 2.43. The third-order valence-electron chi connectivity index (χ3n) is 7.29. The molecule has 0 saturated carbocycles. The molecule has 1 N–H and O–H groups in total. The molecule has 0 radical (unpaired) electrons. The fourth-order valence-corrected chi connectivity index (χ4v) is 8.09. The van der Waals surface area contributed by atoms with Crippen molar-refractivity contribution in [2.45, 2.75) is 117 Å². The Labute approximate surface area is 290 Å². The number of nitrogens with zero attached hydrogens (tertiary/aromatic N) is 2. The average Bonchev–Trinajstić information content (AvgIpc) is 3.47. The molecule has 0 aliphatic carbocycles. The van der Waals surface area contributed by atoms with Crippen molar-refractivity contribution in [3.8, 4) is 0 Å². The second kappa shape index (κ2) is 14.6. The summed E-state index contributed by atoms with van der Waals surface area (Å²) in [6.45, 7) is 22.9. The number of aromatic nitrogens is 1. The Kier molecular flexibility index (Phi) is 12.2. The Hall–Kier alpha value is -1.70. The lowest BCUT2D eigenvalue weighted by molar-refractivity contribution is 0.0496. The van der Waals surface area contributed by atoms with Crippen LogP contribution in [0.1, 0.15) is 78.5 Å². The number of alkyl carbamates (subject to hydrolysis) is 1. The van der Waals surface area contributed by atoms with Crippen LogP contribution in [0, 0.1) is 0 Å². The number of fused-ring (bicyclic) bond motifs is 1. The molecule has 0 aromatic carbocycles. The van der Waals surface area contributed by atoms with Crippen LogP contribution in [-0.2, 0) is 26.9 Å². The Morgan fingerprint density at radius 1 is 1.09 bits per heavy atom. The summed E-state index contributed by atoms with van der Waals surface area (Å²) < 4.78 is 19.5. The third kappa shape index (κ3) is 10.9. The van der Waals surface area contributed by atoms with Crippen molar-refractivity contribution in [2.75, 3.05) is 11.5 Å². The van der Waals surface area contributed by atoms with Gasteiger partial charge in [0.1, 0.15) is 16.4 Å². The molecular formula is C32H47BrClN3O5S2Si. The van der Waals surface area contributed by atoms with Crippen molar-refractivity contribution >= 4 is 86.6 Å². The van der Waals surface area contributed by atoms with Crippen LogP contribution in [0.3, 0.4) is 0 Å². The Balaban J connectivity index is 2.01. The lowest BCUT2D eigenvalue weighted by Crippen LogP contribution is -2.44. The fraction of sp³-hybridized carbons (Fsp3) is 0.594. The number of thiophene rings is 2. The molecule has 250 valence electrons. The molecule has 1 atom stereocenters. The maximum Gasteiger partial charge on any atom is 0.415 e. The van der Waals surface area contributed by atoms with Crippen LogP contribution in [-0.4, -0.2) is 49.3 Å². The topological polar surface area (TPSA) is 90.0 Å². The van der Waals surface area contributed by atoms with Crippen LogP contribution in [0.5, 0.6) is 0 Å². The van der Waals surface area contributed by atoms with Crippen molar-refractivity contribution in [1.82, 2.24) is 10.3 Å². The molecular weight excluding hydrogens is 714 g/mol. The summed E-state index contributed by atoms with van der Waals surface area (Å²) in [6.07, 6.45) is 0.134. The zero-order chi connectivity index (χ0) is 34.0. The van der Waals surface area contributed by atoms with Crippen molar-refractivity contribution in [3.63, 3.8) is 0 Å². The summed E-state index contributed by atoms with van der Waals surface area (Å²) in [5.74, 6) is 0. The molecule has 0 fully saturated rings. The second-order valence-electron chi connectivity index (χ2n) is 14.6. The quantitative estimate of drug-likeness (QED) is 0.163. The van der Waals surface area contributed by atoms with E-state index < -0.39 is 31.7 Å². The van der Waals surface area contributed by atoms with Crippen LogP contribution in [0.15, 0.2) is 28.1 Å². The van der Waals surface area contributed by atoms with Gasteiger partial charge < -0.3 is 19.2 Å². The minimum absolute atomic E-state index is 0.0695. The Bertz CT molecular complexity index is 1480. The fourth-order valence-electron chi connectivity index (χ4n) is 4.09. The first kappa shape index (κ1) is 37.8. The molecule has 0 unspecified atom stereocenters. The highest BCUT2D eigenvalue weighted by Gasteiger charge is 2.37. The molecule has 0 spiro atoms. The molecule has 0 aliphatic heterocycles. The van der Waals surface area contributed by atoms with Gasteiger partial charge in [0.2, 0.25) is 0 Å². The lowest BCUT2D eigenvalue weighted by atomic mass is 10.1. The number of rotatable bonds is 10. The van der Waals surface area contributed by atoms with Gasteiger partial charge in [0, 0.05) is 34.9 Å². The molecule has 3 rings (SSSR count). The summed E-state index contributed by atoms with van der Waals surface area (Å²) in [4.78, 5) is 34.7. The van der Waals surface area contributed by atoms with Crippen LogP contribution >= 0.6 is 50.2 Å². The van der Waals surface area contributed by atoms with Gasteiger partial charge in [-0.15, -0.1) is 22.7 Å². The molecule has 3 aromatic rings. The smallest absolute Gasteiger partial charge is 0.415 e. The van der Waals surface area contributed by atoms with Gasteiger partial charge in [-0.2, -0.15) is 0 Å². The van der Waals surface area contributed by atoms with Crippen LogP contribution in [0.2, 0.25) is 23.3 Å². The van der Waals surface area contributed by atoms with E-state index in [2.05, 4.69) is 60.1 Å². The number of halogens is 2. The van der Waals surface area contributed by atoms with Gasteiger partial charge in [-0.25, -0.2) is 14.6 Å². The van der Waals surface area contributed by atoms with E-state index >= 15 is 0 Å². The monoisotopic (exact) mass is 759 g/mol. The number of pyridine rings is 1. The van der Waals surface area contributed by atoms with E-state index in [0.717, 1.165) is 18.9 Å². The van der Waals surface area contributed by atoms with Crippen molar-refractivity contribution < 1.29 is 23.5 Å². The highest BCUT2D eigenvalue weighted by molar-refractivity contribution is 9.10. The molecule has 13 heteroatoms. The van der Waals surface area contributed by atoms with E-state index in [0.29, 0.717) is 37.2 Å². The van der Waals surface area contributed by atoms with E-state index in [4.69, 9.17) is 25.5 Å². The lowest BCUT2D eigenvalue weighted by Gasteiger charge is -2.36. The third-order valence-corrected chi connectivity index (χ3v) is 15.2. The Morgan fingerprint density at radius 3 is 2.29 bits per heavy atom. The van der Waals surface area contributed by atoms with E-state index in [1.54, 1.807) is 22.3 Å². The molecule has 2 amide bonds. The van der Waals surface area contributed by atoms with Crippen LogP contribution in [0.4, 0.5) is 15.3 Å². The first-order chi connectivity index (χ1) is 20.6. The van der Waals surface area contributed by atoms with Gasteiger partial charge in [0.25, 0.3) is 0 Å². The summed E-state index contributed by atoms with van der Waals surface area (Å²) in [5, 5.41) is 5.38. The Morgan fingerprint density at radius 2 is 1.73 bits per heavy atom. The van der Waals surface area contributed by atoms with Crippen LogP contribution in [0.25, 0.3) is 10.2 Å². The largest absolute Gasteiger partial charge is 0.444 e. The van der Waals surface area contributed by atoms with E-state index in [9.17, 15) is 9.59 Å². The highest BCUT2D eigenvalue weighted by atomic mass is 79.9. The molecule has 3 aromatic heterocycles. The van der Waals surface area contributed by atoms with Crippen molar-refractivity contribution in [2.24, 2.45) is 0 Å². The first-order valence-electron chi connectivity index (χ1n) is 15.0. The predicted octanol–water partition coefficient (Wildman–Crippen LogP) is 10.6. The summed E-state index contributed by atoms with van der Waals surface area (Å²) in [5.41, 5.74) is -0.0591. The number of nitrogens with one attached hydrogen (secondary N) is 1. The standard InChI is InChI=1S/C32H47BrClN3O5S2Si/c1-30(2,3)41-28(38)35-20(14-15-40-45(10,11)32(7,8)9)17-23-25(33)26-27(44-23)22(18-24(34)36-26)37(19-21-13-12-16-43-21)29(39)42-31(4,5)6/h12-13,16,18,20H,14-15,17,19H2,1-11H3,(H,35,38)/t20-/m0/s1. The number of hydrogen-bond acceptors (Lipinski definition) is 8. The molecule has 45 heavy (non-hydrogen) atoms. The minimum Gasteiger partial charge on any atom is -0.444 e. The van der Waals surface area contributed by atoms with Gasteiger partial charge >= 0.3 is 12.2 Å². The normalized spacial score (nSPS) is 13.5. The number of hydrogen-bond donors (Lipinski definition) is 1. The molecule has 8 nitrogen and oxygen atoms in total. The van der Waals surface area contributed by atoms with Crippen molar-refractivity contribution in [3.05, 3.63) is 43.0 Å². The molecule has 3 heterocycles. The summed E-state index contributed by atoms with van der Waals surface area (Å²) in [6, 6.07) is 5.37. The van der Waals surface area contributed by atoms with Gasteiger partial charge in [-0.1, -0.05) is 38.4 Å². The number of ether oxygens (including phenoxy) is 2. The maximum absolute atomic E-state index is 13.6. The molecule has 0 aliphatic rings. The van der Waals surface area contributed by atoms with E-state index in [1.807, 2.05) is 59.1 Å². The van der Waals surface area contributed by atoms with E-state index in [-0.39, 0.29) is 16.2 Å². The molecule has 0 bridgehead atoms. The minimum atomic E-state index is -1.98. The van der Waals surface area contributed by atoms with Crippen LogP contribution < -0.4 is 10.2 Å². The SMILES string of the molecule is CC(C)(C)OC(=O)N[C@@H](CCO[Si](C)(C)C(C)(C)C)Cc1sc2c(N(Cc3cccs3)C(=O)OC(C)(C)C)cc(Cl)nc2c1Br. The van der Waals surface area contributed by atoms with Gasteiger partial charge in [0.05, 0.1) is 26.9 Å². The second-order valence-corrected chi connectivity index (χ2v) is 22.7. The zero-order valence-corrected chi connectivity index (χ0v) is 33.2. The number of carbonyl (C=O) groups excluding carboxylic acids is 2. The number of amides is 2. The predicted molar refractivity (Wildman–Crippen MR) is 194 cm³/mol. The van der Waals surface area contributed by atoms with E-state index in [1.165, 1.54) is 11.3 Å². The number of anilines is 1. The average molecular weight is 761 g/mol. The summed E-state index contributed by atoms with van der Waals surface area (Å²) in [7, 11) is -1.98. The zero-order valence-electron chi connectivity index (χ0n) is 28.2. The maximum atomic E-state index is 13.6. The molecule has 0 saturated heterocycles. The van der Waals surface area contributed by atoms with Gasteiger partial charge in [-0.05, 0) is 93.5 Å². The van der Waals surface area contributed by atoms with Gasteiger partial charge in [0.15, 0.2) is 8.32 Å².